The minimum atomic E-state index is -1.45. The van der Waals surface area contributed by atoms with E-state index in [1.54, 1.807) is 0 Å². The van der Waals surface area contributed by atoms with Crippen LogP contribution < -0.4 is 0 Å². The summed E-state index contributed by atoms with van der Waals surface area (Å²) in [5.41, 5.74) is -0.495. The third kappa shape index (κ3) is 1.75. The number of hydrogen-bond donors (Lipinski definition) is 1. The maximum absolute atomic E-state index is 9.59. The van der Waals surface area contributed by atoms with Crippen LogP contribution in [0.3, 0.4) is 0 Å². The Kier molecular flexibility index (Phi) is 3.65. The van der Waals surface area contributed by atoms with E-state index in [4.69, 9.17) is 5.41 Å². The quantitative estimate of drug-likeness (QED) is 0.738. The van der Waals surface area contributed by atoms with Crippen molar-refractivity contribution >= 4 is 5.71 Å². The van der Waals surface area contributed by atoms with Crippen molar-refractivity contribution in [3.05, 3.63) is 11.6 Å². The number of fused-ring (bicyclic) bond motifs is 1. The lowest BCUT2D eigenvalue weighted by Gasteiger charge is -2.47. The second-order valence-corrected chi connectivity index (χ2v) is 6.02. The van der Waals surface area contributed by atoms with Gasteiger partial charge in [-0.15, -0.1) is 0 Å². The van der Waals surface area contributed by atoms with Crippen molar-refractivity contribution in [3.63, 3.8) is 0 Å². The van der Waals surface area contributed by atoms with Gasteiger partial charge in [-0.05, 0) is 36.7 Å². The minimum absolute atomic E-state index is 0.0203. The monoisotopic (exact) mass is 266 g/mol. The van der Waals surface area contributed by atoms with E-state index in [9.17, 15) is 15.8 Å². The second-order valence-electron chi connectivity index (χ2n) is 6.02. The lowest BCUT2D eigenvalue weighted by molar-refractivity contribution is 0.179. The standard InChI is InChI=1S/C16H18N4/c1-10(2)14-12-6-4-3-5-11(12)13(7-17)15(20)16(14,8-18)9-19/h5,10,12-14,20H,3-4,6H2,1-2H3. The van der Waals surface area contributed by atoms with Gasteiger partial charge in [0.25, 0.3) is 0 Å². The van der Waals surface area contributed by atoms with Crippen molar-refractivity contribution in [2.45, 2.75) is 33.1 Å². The Morgan fingerprint density at radius 3 is 2.45 bits per heavy atom. The van der Waals surface area contributed by atoms with Crippen LogP contribution in [0.2, 0.25) is 0 Å². The van der Waals surface area contributed by atoms with E-state index >= 15 is 0 Å². The van der Waals surface area contributed by atoms with Crippen LogP contribution in [0.4, 0.5) is 0 Å². The Balaban J connectivity index is 2.66. The van der Waals surface area contributed by atoms with Gasteiger partial charge in [0.15, 0.2) is 5.41 Å². The highest BCUT2D eigenvalue weighted by atomic mass is 14.7. The summed E-state index contributed by atoms with van der Waals surface area (Å²) in [6.45, 7) is 4.00. The van der Waals surface area contributed by atoms with Crippen LogP contribution >= 0.6 is 0 Å². The SMILES string of the molecule is CC(C)C1C2CCCC=C2C(C#N)C(=N)C1(C#N)C#N. The fourth-order valence-electron chi connectivity index (χ4n) is 3.92. The molecule has 0 amide bonds. The molecule has 4 nitrogen and oxygen atoms in total. The number of nitriles is 3. The van der Waals surface area contributed by atoms with Crippen molar-refractivity contribution in [1.82, 2.24) is 0 Å². The van der Waals surface area contributed by atoms with E-state index in [0.717, 1.165) is 24.8 Å². The maximum Gasteiger partial charge on any atom is 0.186 e. The Hall–Kier alpha value is -2.12. The van der Waals surface area contributed by atoms with Gasteiger partial charge in [-0.25, -0.2) is 0 Å². The lowest BCUT2D eigenvalue weighted by atomic mass is 9.52. The molecule has 102 valence electrons. The Labute approximate surface area is 119 Å². The molecule has 0 heterocycles. The third-order valence-corrected chi connectivity index (χ3v) is 4.71. The van der Waals surface area contributed by atoms with Gasteiger partial charge in [0.05, 0.1) is 23.9 Å². The predicted molar refractivity (Wildman–Crippen MR) is 74.2 cm³/mol. The molecule has 4 heteroatoms. The first-order valence-corrected chi connectivity index (χ1v) is 7.04. The topological polar surface area (TPSA) is 95.2 Å². The molecule has 1 N–H and O–H groups in total. The summed E-state index contributed by atoms with van der Waals surface area (Å²) in [6.07, 6.45) is 4.92. The molecule has 1 fully saturated rings. The molecule has 3 unspecified atom stereocenters. The van der Waals surface area contributed by atoms with Crippen LogP contribution in [0, 0.1) is 68.5 Å². The summed E-state index contributed by atoms with van der Waals surface area (Å²) in [6, 6.07) is 6.30. The largest absolute Gasteiger partial charge is 0.305 e. The van der Waals surface area contributed by atoms with Gasteiger partial charge in [-0.1, -0.05) is 19.9 Å². The molecule has 0 aromatic heterocycles. The van der Waals surface area contributed by atoms with Crippen LogP contribution in [0.1, 0.15) is 33.1 Å². The highest BCUT2D eigenvalue weighted by molar-refractivity contribution is 6.00. The van der Waals surface area contributed by atoms with E-state index in [0.29, 0.717) is 0 Å². The minimum Gasteiger partial charge on any atom is -0.305 e. The molecule has 2 aliphatic rings. The van der Waals surface area contributed by atoms with Crippen LogP contribution in [0.15, 0.2) is 11.6 Å². The number of rotatable bonds is 1. The molecule has 1 saturated carbocycles. The van der Waals surface area contributed by atoms with Gasteiger partial charge in [-0.3, -0.25) is 0 Å². The molecule has 0 saturated heterocycles. The predicted octanol–water partition coefficient (Wildman–Crippen LogP) is 3.19. The molecule has 2 rings (SSSR count). The Morgan fingerprint density at radius 1 is 1.30 bits per heavy atom. The van der Waals surface area contributed by atoms with Gasteiger partial charge < -0.3 is 5.41 Å². The maximum atomic E-state index is 9.59. The Morgan fingerprint density at radius 2 is 1.95 bits per heavy atom. The zero-order valence-corrected chi connectivity index (χ0v) is 11.8. The average molecular weight is 266 g/mol. The molecule has 2 aliphatic carbocycles. The van der Waals surface area contributed by atoms with Gasteiger partial charge in [-0.2, -0.15) is 15.8 Å². The molecule has 0 spiro atoms. The first-order valence-electron chi connectivity index (χ1n) is 7.04. The molecule has 0 aromatic carbocycles. The summed E-state index contributed by atoms with van der Waals surface area (Å²) >= 11 is 0. The number of hydrogen-bond acceptors (Lipinski definition) is 4. The second kappa shape index (κ2) is 5.10. The molecular weight excluding hydrogens is 248 g/mol. The highest BCUT2D eigenvalue weighted by Gasteiger charge is 2.57. The van der Waals surface area contributed by atoms with E-state index < -0.39 is 11.3 Å². The van der Waals surface area contributed by atoms with Gasteiger partial charge >= 0.3 is 0 Å². The zero-order chi connectivity index (χ0) is 14.9. The normalized spacial score (nSPS) is 31.5. The fourth-order valence-corrected chi connectivity index (χ4v) is 3.92. The molecule has 0 radical (unpaired) electrons. The van der Waals surface area contributed by atoms with E-state index in [1.165, 1.54) is 0 Å². The molecular formula is C16H18N4. The number of nitrogens with one attached hydrogen (secondary N) is 1. The summed E-state index contributed by atoms with van der Waals surface area (Å²) < 4.78 is 0. The van der Waals surface area contributed by atoms with Gasteiger partial charge in [0.1, 0.15) is 5.92 Å². The lowest BCUT2D eigenvalue weighted by Crippen LogP contribution is -2.51. The summed E-state index contributed by atoms with van der Waals surface area (Å²) in [5.74, 6) is -0.682. The van der Waals surface area contributed by atoms with Gasteiger partial charge in [0, 0.05) is 5.92 Å². The van der Waals surface area contributed by atoms with Crippen molar-refractivity contribution in [2.75, 3.05) is 0 Å². The third-order valence-electron chi connectivity index (χ3n) is 4.71. The van der Waals surface area contributed by atoms with E-state index in [2.05, 4.69) is 24.3 Å². The zero-order valence-electron chi connectivity index (χ0n) is 11.8. The summed E-state index contributed by atoms with van der Waals surface area (Å²) in [7, 11) is 0. The molecule has 0 aromatic rings. The number of nitrogens with zero attached hydrogens (tertiary/aromatic N) is 3. The van der Waals surface area contributed by atoms with Crippen LogP contribution in [0.5, 0.6) is 0 Å². The van der Waals surface area contributed by atoms with Crippen molar-refractivity contribution in [3.8, 4) is 18.2 Å². The molecule has 20 heavy (non-hydrogen) atoms. The Bertz CT molecular complexity index is 565. The first kappa shape index (κ1) is 14.3. The molecule has 0 bridgehead atoms. The molecule has 0 aliphatic heterocycles. The van der Waals surface area contributed by atoms with Crippen LogP contribution in [0.25, 0.3) is 0 Å². The van der Waals surface area contributed by atoms with Crippen molar-refractivity contribution in [1.29, 1.82) is 21.2 Å². The van der Waals surface area contributed by atoms with E-state index in [-0.39, 0.29) is 23.5 Å². The van der Waals surface area contributed by atoms with Gasteiger partial charge in [0.2, 0.25) is 0 Å². The van der Waals surface area contributed by atoms with Crippen LogP contribution in [-0.4, -0.2) is 5.71 Å². The van der Waals surface area contributed by atoms with E-state index in [1.807, 2.05) is 13.8 Å². The fraction of sp³-hybridized carbons (Fsp3) is 0.625. The summed E-state index contributed by atoms with van der Waals surface area (Å²) in [4.78, 5) is 0. The molecule has 3 atom stereocenters. The highest BCUT2D eigenvalue weighted by Crippen LogP contribution is 2.53. The summed E-state index contributed by atoms with van der Waals surface area (Å²) in [5, 5.41) is 36.9. The number of allylic oxidation sites excluding steroid dienone is 2. The van der Waals surface area contributed by atoms with Crippen molar-refractivity contribution in [2.24, 2.45) is 29.1 Å². The van der Waals surface area contributed by atoms with Crippen LogP contribution in [-0.2, 0) is 0 Å². The van der Waals surface area contributed by atoms with Crippen molar-refractivity contribution < 1.29 is 0 Å². The smallest absolute Gasteiger partial charge is 0.186 e. The average Bonchev–Trinajstić information content (AvgIpc) is 2.46. The first-order chi connectivity index (χ1) is 9.53.